The average Bonchev–Trinajstić information content (AvgIpc) is 2.85. The number of thiophene rings is 1. The zero-order valence-electron chi connectivity index (χ0n) is 8.90. The van der Waals surface area contributed by atoms with Gasteiger partial charge in [0.2, 0.25) is 5.95 Å². The molecule has 0 aromatic carbocycles. The monoisotopic (exact) mass is 222 g/mol. The van der Waals surface area contributed by atoms with Crippen LogP contribution in [0, 0.1) is 0 Å². The number of hydrogen-bond acceptors (Lipinski definition) is 4. The lowest BCUT2D eigenvalue weighted by molar-refractivity contribution is 0.770. The highest BCUT2D eigenvalue weighted by atomic mass is 32.1. The Kier molecular flexibility index (Phi) is 3.01. The maximum atomic E-state index is 4.21. The third kappa shape index (κ3) is 1.87. The van der Waals surface area contributed by atoms with Gasteiger partial charge in [0, 0.05) is 24.0 Å². The Morgan fingerprint density at radius 2 is 2.27 bits per heavy atom. The lowest BCUT2D eigenvalue weighted by Crippen LogP contribution is -2.06. The minimum atomic E-state index is 0.848. The molecule has 0 spiro atoms. The molecule has 0 amide bonds. The molecule has 0 aliphatic rings. The van der Waals surface area contributed by atoms with Gasteiger partial charge in [0.25, 0.3) is 0 Å². The molecule has 0 saturated carbocycles. The van der Waals surface area contributed by atoms with E-state index in [0.29, 0.717) is 0 Å². The first kappa shape index (κ1) is 10.2. The normalized spacial score (nSPS) is 10.5. The first-order valence-corrected chi connectivity index (χ1v) is 6.00. The summed E-state index contributed by atoms with van der Waals surface area (Å²) in [4.78, 5) is 0. The Bertz CT molecular complexity index is 419. The van der Waals surface area contributed by atoms with E-state index < -0.39 is 0 Å². The van der Waals surface area contributed by atoms with Gasteiger partial charge in [0.05, 0.1) is 0 Å². The number of hydrogen-bond donors (Lipinski definition) is 1. The van der Waals surface area contributed by atoms with Gasteiger partial charge in [-0.05, 0) is 25.3 Å². The van der Waals surface area contributed by atoms with Crippen molar-refractivity contribution < 1.29 is 0 Å². The van der Waals surface area contributed by atoms with Gasteiger partial charge in [-0.1, -0.05) is 0 Å². The molecule has 0 fully saturated rings. The van der Waals surface area contributed by atoms with E-state index in [1.165, 1.54) is 0 Å². The fourth-order valence-corrected chi connectivity index (χ4v) is 2.13. The maximum Gasteiger partial charge on any atom is 0.224 e. The molecule has 2 heterocycles. The second-order valence-corrected chi connectivity index (χ2v) is 3.91. The van der Waals surface area contributed by atoms with Gasteiger partial charge in [-0.15, -0.1) is 10.2 Å². The van der Waals surface area contributed by atoms with Gasteiger partial charge in [0.1, 0.15) is 0 Å². The van der Waals surface area contributed by atoms with Crippen LogP contribution in [0.15, 0.2) is 16.8 Å². The summed E-state index contributed by atoms with van der Waals surface area (Å²) in [6, 6.07) is 2.07. The number of aromatic nitrogens is 3. The van der Waals surface area contributed by atoms with Crippen LogP contribution >= 0.6 is 11.3 Å². The third-order valence-electron chi connectivity index (χ3n) is 2.18. The van der Waals surface area contributed by atoms with Crippen LogP contribution in [0.1, 0.15) is 13.8 Å². The quantitative estimate of drug-likeness (QED) is 0.864. The topological polar surface area (TPSA) is 42.7 Å². The van der Waals surface area contributed by atoms with Crippen molar-refractivity contribution >= 4 is 17.3 Å². The Labute approximate surface area is 93.0 Å². The predicted octanol–water partition coefficient (Wildman–Crippen LogP) is 2.46. The van der Waals surface area contributed by atoms with Gasteiger partial charge in [-0.2, -0.15) is 11.3 Å². The molecular formula is C10H14N4S. The number of nitrogens with zero attached hydrogens (tertiary/aromatic N) is 3. The predicted molar refractivity (Wildman–Crippen MR) is 63.2 cm³/mol. The fourth-order valence-electron chi connectivity index (χ4n) is 1.50. The first-order chi connectivity index (χ1) is 7.36. The van der Waals surface area contributed by atoms with Crippen molar-refractivity contribution in [3.63, 3.8) is 0 Å². The van der Waals surface area contributed by atoms with Crippen LogP contribution in [-0.2, 0) is 6.54 Å². The van der Waals surface area contributed by atoms with Crippen LogP contribution in [0.4, 0.5) is 5.95 Å². The fraction of sp³-hybridized carbons (Fsp3) is 0.400. The highest BCUT2D eigenvalue weighted by Gasteiger charge is 2.11. The van der Waals surface area contributed by atoms with Crippen molar-refractivity contribution in [2.24, 2.45) is 0 Å². The second-order valence-electron chi connectivity index (χ2n) is 3.13. The molecule has 0 bridgehead atoms. The van der Waals surface area contributed by atoms with Crippen LogP contribution in [0.2, 0.25) is 0 Å². The van der Waals surface area contributed by atoms with Crippen LogP contribution in [0.5, 0.6) is 0 Å². The highest BCUT2D eigenvalue weighted by molar-refractivity contribution is 7.08. The van der Waals surface area contributed by atoms with Gasteiger partial charge < -0.3 is 5.32 Å². The molecule has 0 radical (unpaired) electrons. The van der Waals surface area contributed by atoms with Gasteiger partial charge in [-0.25, -0.2) is 0 Å². The summed E-state index contributed by atoms with van der Waals surface area (Å²) in [5, 5.41) is 15.7. The van der Waals surface area contributed by atoms with Crippen LogP contribution in [0.3, 0.4) is 0 Å². The standard InChI is InChI=1S/C10H14N4S/c1-3-11-10-13-12-9(14(10)4-2)8-5-6-15-7-8/h5-7H,3-4H2,1-2H3,(H,11,13). The third-order valence-corrected chi connectivity index (χ3v) is 2.86. The average molecular weight is 222 g/mol. The van der Waals surface area contributed by atoms with Crippen molar-refractivity contribution in [1.82, 2.24) is 14.8 Å². The molecule has 2 aromatic rings. The van der Waals surface area contributed by atoms with Gasteiger partial charge >= 0.3 is 0 Å². The number of rotatable bonds is 4. The highest BCUT2D eigenvalue weighted by Crippen LogP contribution is 2.22. The van der Waals surface area contributed by atoms with Gasteiger partial charge in [0.15, 0.2) is 5.82 Å². The second kappa shape index (κ2) is 4.44. The molecule has 5 heteroatoms. The lowest BCUT2D eigenvalue weighted by Gasteiger charge is -2.06. The summed E-state index contributed by atoms with van der Waals surface area (Å²) in [5.41, 5.74) is 1.14. The van der Waals surface area contributed by atoms with E-state index in [-0.39, 0.29) is 0 Å². The number of nitrogens with one attached hydrogen (secondary N) is 1. The van der Waals surface area contributed by atoms with Crippen LogP contribution in [0.25, 0.3) is 11.4 Å². The Morgan fingerprint density at radius 1 is 1.40 bits per heavy atom. The van der Waals surface area contributed by atoms with Crippen molar-refractivity contribution in [3.05, 3.63) is 16.8 Å². The molecule has 2 aromatic heterocycles. The van der Waals surface area contributed by atoms with Crippen molar-refractivity contribution in [2.45, 2.75) is 20.4 Å². The van der Waals surface area contributed by atoms with Crippen molar-refractivity contribution in [3.8, 4) is 11.4 Å². The van der Waals surface area contributed by atoms with E-state index in [1.54, 1.807) is 11.3 Å². The summed E-state index contributed by atoms with van der Waals surface area (Å²) in [6.45, 7) is 5.89. The molecule has 15 heavy (non-hydrogen) atoms. The number of anilines is 1. The Morgan fingerprint density at radius 3 is 2.87 bits per heavy atom. The van der Waals surface area contributed by atoms with Crippen molar-refractivity contribution in [2.75, 3.05) is 11.9 Å². The van der Waals surface area contributed by atoms with E-state index in [9.17, 15) is 0 Å². The summed E-state index contributed by atoms with van der Waals surface area (Å²) in [6.07, 6.45) is 0. The minimum absolute atomic E-state index is 0.848. The smallest absolute Gasteiger partial charge is 0.224 e. The molecule has 80 valence electrons. The summed E-state index contributed by atoms with van der Waals surface area (Å²) < 4.78 is 2.09. The molecule has 0 aliphatic heterocycles. The van der Waals surface area contributed by atoms with E-state index in [0.717, 1.165) is 30.4 Å². The van der Waals surface area contributed by atoms with E-state index in [4.69, 9.17) is 0 Å². The molecular weight excluding hydrogens is 208 g/mol. The van der Waals surface area contributed by atoms with E-state index in [2.05, 4.69) is 50.8 Å². The van der Waals surface area contributed by atoms with Crippen molar-refractivity contribution in [1.29, 1.82) is 0 Å². The molecule has 2 rings (SSSR count). The van der Waals surface area contributed by atoms with Crippen LogP contribution < -0.4 is 5.32 Å². The summed E-state index contributed by atoms with van der Waals surface area (Å²) in [5.74, 6) is 1.79. The molecule has 4 nitrogen and oxygen atoms in total. The minimum Gasteiger partial charge on any atom is -0.355 e. The molecule has 1 N–H and O–H groups in total. The summed E-state index contributed by atoms with van der Waals surface area (Å²) in [7, 11) is 0. The molecule has 0 saturated heterocycles. The first-order valence-electron chi connectivity index (χ1n) is 5.06. The SMILES string of the molecule is CCNc1nnc(-c2ccsc2)n1CC. The molecule has 0 atom stereocenters. The van der Waals surface area contributed by atoms with Crippen LogP contribution in [-0.4, -0.2) is 21.3 Å². The Hall–Kier alpha value is -1.36. The van der Waals surface area contributed by atoms with Gasteiger partial charge in [-0.3, -0.25) is 4.57 Å². The largest absolute Gasteiger partial charge is 0.355 e. The van der Waals surface area contributed by atoms with E-state index >= 15 is 0 Å². The lowest BCUT2D eigenvalue weighted by atomic mass is 10.3. The summed E-state index contributed by atoms with van der Waals surface area (Å²) >= 11 is 1.67. The van der Waals surface area contributed by atoms with E-state index in [1.807, 2.05) is 0 Å². The zero-order chi connectivity index (χ0) is 10.7. The Balaban J connectivity index is 2.40. The molecule has 0 aliphatic carbocycles. The maximum absolute atomic E-state index is 4.21. The zero-order valence-corrected chi connectivity index (χ0v) is 9.71. The molecule has 0 unspecified atom stereocenters.